The fraction of sp³-hybridized carbons (Fsp3) is 0.500. The van der Waals surface area contributed by atoms with Gasteiger partial charge in [0.05, 0.1) is 13.2 Å². The van der Waals surface area contributed by atoms with Crippen molar-refractivity contribution in [3.63, 3.8) is 0 Å². The highest BCUT2D eigenvalue weighted by Gasteiger charge is 2.07. The Balaban J connectivity index is 2.71. The molecule has 0 unspecified atom stereocenters. The summed E-state index contributed by atoms with van der Waals surface area (Å²) >= 11 is 6.13. The van der Waals surface area contributed by atoms with E-state index >= 15 is 0 Å². The SMILES string of the molecule is CCCOc1cccc(OCCC)c1Cl. The molecular weight excluding hydrogens is 212 g/mol. The molecule has 1 aromatic carbocycles. The molecule has 0 saturated carbocycles. The van der Waals surface area contributed by atoms with Gasteiger partial charge < -0.3 is 9.47 Å². The summed E-state index contributed by atoms with van der Waals surface area (Å²) in [6, 6.07) is 5.61. The van der Waals surface area contributed by atoms with Crippen molar-refractivity contribution in [1.82, 2.24) is 0 Å². The third kappa shape index (κ3) is 3.63. The molecule has 0 spiro atoms. The van der Waals surface area contributed by atoms with Crippen LogP contribution in [0.3, 0.4) is 0 Å². The van der Waals surface area contributed by atoms with E-state index in [0.717, 1.165) is 12.8 Å². The van der Waals surface area contributed by atoms with E-state index in [1.165, 1.54) is 0 Å². The van der Waals surface area contributed by atoms with Gasteiger partial charge in [0.15, 0.2) is 0 Å². The maximum Gasteiger partial charge on any atom is 0.141 e. The van der Waals surface area contributed by atoms with Crippen molar-refractivity contribution >= 4 is 11.6 Å². The smallest absolute Gasteiger partial charge is 0.141 e. The van der Waals surface area contributed by atoms with E-state index in [2.05, 4.69) is 13.8 Å². The molecule has 0 amide bonds. The summed E-state index contributed by atoms with van der Waals surface area (Å²) in [6.45, 7) is 5.48. The number of halogens is 1. The molecule has 0 bridgehead atoms. The molecule has 3 heteroatoms. The van der Waals surface area contributed by atoms with E-state index in [9.17, 15) is 0 Å². The number of hydrogen-bond donors (Lipinski definition) is 0. The molecule has 0 radical (unpaired) electrons. The molecule has 0 aliphatic rings. The fourth-order valence-corrected chi connectivity index (χ4v) is 1.37. The first kappa shape index (κ1) is 12.2. The second-order valence-electron chi connectivity index (χ2n) is 3.27. The van der Waals surface area contributed by atoms with Crippen LogP contribution in [0.15, 0.2) is 18.2 Å². The molecule has 2 nitrogen and oxygen atoms in total. The van der Waals surface area contributed by atoms with Crippen molar-refractivity contribution in [3.8, 4) is 11.5 Å². The molecule has 0 atom stereocenters. The molecular formula is C12H17ClO2. The first-order valence-corrected chi connectivity index (χ1v) is 5.71. The minimum atomic E-state index is 0.569. The third-order valence-corrected chi connectivity index (χ3v) is 2.22. The molecule has 15 heavy (non-hydrogen) atoms. The standard InChI is InChI=1S/C12H17ClO2/c1-3-8-14-10-6-5-7-11(12(10)13)15-9-4-2/h5-7H,3-4,8-9H2,1-2H3. The first-order chi connectivity index (χ1) is 7.29. The Morgan fingerprint density at radius 1 is 1.00 bits per heavy atom. The predicted octanol–water partition coefficient (Wildman–Crippen LogP) is 3.92. The summed E-state index contributed by atoms with van der Waals surface area (Å²) in [7, 11) is 0. The van der Waals surface area contributed by atoms with Gasteiger partial charge in [0.25, 0.3) is 0 Å². The topological polar surface area (TPSA) is 18.5 Å². The second kappa shape index (κ2) is 6.57. The van der Waals surface area contributed by atoms with Gasteiger partial charge in [-0.3, -0.25) is 0 Å². The Labute approximate surface area is 96.2 Å². The van der Waals surface area contributed by atoms with E-state index in [1.807, 2.05) is 18.2 Å². The van der Waals surface area contributed by atoms with Crippen molar-refractivity contribution in [2.75, 3.05) is 13.2 Å². The summed E-state index contributed by atoms with van der Waals surface area (Å²) in [5.74, 6) is 1.40. The summed E-state index contributed by atoms with van der Waals surface area (Å²) in [6.07, 6.45) is 1.94. The van der Waals surface area contributed by atoms with Gasteiger partial charge >= 0.3 is 0 Å². The maximum absolute atomic E-state index is 6.13. The van der Waals surface area contributed by atoms with Crippen LogP contribution in [0.2, 0.25) is 5.02 Å². The van der Waals surface area contributed by atoms with Crippen molar-refractivity contribution in [3.05, 3.63) is 23.2 Å². The van der Waals surface area contributed by atoms with Gasteiger partial charge in [-0.05, 0) is 25.0 Å². The van der Waals surface area contributed by atoms with E-state index in [4.69, 9.17) is 21.1 Å². The lowest BCUT2D eigenvalue weighted by Crippen LogP contribution is -1.99. The Morgan fingerprint density at radius 3 is 1.87 bits per heavy atom. The average molecular weight is 229 g/mol. The fourth-order valence-electron chi connectivity index (χ4n) is 1.14. The minimum Gasteiger partial charge on any atom is -0.492 e. The van der Waals surface area contributed by atoms with Crippen LogP contribution in [0.1, 0.15) is 26.7 Å². The van der Waals surface area contributed by atoms with Crippen molar-refractivity contribution in [1.29, 1.82) is 0 Å². The first-order valence-electron chi connectivity index (χ1n) is 5.33. The Hall–Kier alpha value is -0.890. The van der Waals surface area contributed by atoms with Gasteiger partial charge in [-0.2, -0.15) is 0 Å². The van der Waals surface area contributed by atoms with Crippen molar-refractivity contribution in [2.45, 2.75) is 26.7 Å². The lowest BCUT2D eigenvalue weighted by atomic mass is 10.3. The number of ether oxygens (including phenoxy) is 2. The maximum atomic E-state index is 6.13. The predicted molar refractivity (Wildman–Crippen MR) is 63.0 cm³/mol. The van der Waals surface area contributed by atoms with Crippen LogP contribution in [0.4, 0.5) is 0 Å². The minimum absolute atomic E-state index is 0.569. The van der Waals surface area contributed by atoms with Crippen LogP contribution in [-0.4, -0.2) is 13.2 Å². The molecule has 0 fully saturated rings. The Kier molecular flexibility index (Phi) is 5.33. The van der Waals surface area contributed by atoms with E-state index in [0.29, 0.717) is 29.7 Å². The van der Waals surface area contributed by atoms with Crippen LogP contribution >= 0.6 is 11.6 Å². The second-order valence-corrected chi connectivity index (χ2v) is 3.64. The third-order valence-electron chi connectivity index (χ3n) is 1.85. The van der Waals surface area contributed by atoms with Crippen molar-refractivity contribution < 1.29 is 9.47 Å². The Morgan fingerprint density at radius 2 is 1.47 bits per heavy atom. The molecule has 1 aromatic rings. The molecule has 0 N–H and O–H groups in total. The highest BCUT2D eigenvalue weighted by molar-refractivity contribution is 6.33. The quantitative estimate of drug-likeness (QED) is 0.735. The lowest BCUT2D eigenvalue weighted by molar-refractivity contribution is 0.302. The molecule has 1 rings (SSSR count). The molecule has 0 aromatic heterocycles. The van der Waals surface area contributed by atoms with Gasteiger partial charge in [-0.1, -0.05) is 31.5 Å². The van der Waals surface area contributed by atoms with Gasteiger partial charge in [-0.15, -0.1) is 0 Å². The lowest BCUT2D eigenvalue weighted by Gasteiger charge is -2.11. The van der Waals surface area contributed by atoms with E-state index in [-0.39, 0.29) is 0 Å². The largest absolute Gasteiger partial charge is 0.492 e. The van der Waals surface area contributed by atoms with E-state index in [1.54, 1.807) is 0 Å². The van der Waals surface area contributed by atoms with Crippen LogP contribution in [-0.2, 0) is 0 Å². The number of benzene rings is 1. The molecule has 0 heterocycles. The van der Waals surface area contributed by atoms with Crippen LogP contribution in [0.5, 0.6) is 11.5 Å². The normalized spacial score (nSPS) is 10.1. The summed E-state index contributed by atoms with van der Waals surface area (Å²) < 4.78 is 11.0. The summed E-state index contributed by atoms with van der Waals surface area (Å²) in [5.41, 5.74) is 0. The zero-order valence-electron chi connectivity index (χ0n) is 9.25. The molecule has 84 valence electrons. The zero-order chi connectivity index (χ0) is 11.1. The van der Waals surface area contributed by atoms with E-state index < -0.39 is 0 Å². The number of rotatable bonds is 6. The van der Waals surface area contributed by atoms with Gasteiger partial charge in [0.1, 0.15) is 16.5 Å². The molecule has 0 saturated heterocycles. The zero-order valence-corrected chi connectivity index (χ0v) is 10.0. The monoisotopic (exact) mass is 228 g/mol. The Bertz CT molecular complexity index is 273. The van der Waals surface area contributed by atoms with Gasteiger partial charge in [-0.25, -0.2) is 0 Å². The van der Waals surface area contributed by atoms with Gasteiger partial charge in [0, 0.05) is 0 Å². The summed E-state index contributed by atoms with van der Waals surface area (Å²) in [5, 5.41) is 0.569. The molecule has 0 aliphatic carbocycles. The van der Waals surface area contributed by atoms with Crippen molar-refractivity contribution in [2.24, 2.45) is 0 Å². The van der Waals surface area contributed by atoms with Crippen LogP contribution in [0, 0.1) is 0 Å². The van der Waals surface area contributed by atoms with Crippen LogP contribution < -0.4 is 9.47 Å². The summed E-state index contributed by atoms with van der Waals surface area (Å²) in [4.78, 5) is 0. The van der Waals surface area contributed by atoms with Crippen LogP contribution in [0.25, 0.3) is 0 Å². The highest BCUT2D eigenvalue weighted by Crippen LogP contribution is 2.33. The molecule has 0 aliphatic heterocycles. The van der Waals surface area contributed by atoms with Gasteiger partial charge in [0.2, 0.25) is 0 Å². The average Bonchev–Trinajstić information content (AvgIpc) is 2.26. The highest BCUT2D eigenvalue weighted by atomic mass is 35.5. The number of hydrogen-bond acceptors (Lipinski definition) is 2.